The van der Waals surface area contributed by atoms with Crippen molar-refractivity contribution in [2.75, 3.05) is 6.61 Å². The van der Waals surface area contributed by atoms with E-state index < -0.39 is 12.7 Å². The number of rotatable bonds is 6. The molecule has 2 aromatic rings. The van der Waals surface area contributed by atoms with Crippen LogP contribution in [0.2, 0.25) is 0 Å². The van der Waals surface area contributed by atoms with E-state index in [1.54, 1.807) is 13.0 Å². The number of ether oxygens (including phenoxy) is 2. The van der Waals surface area contributed by atoms with Gasteiger partial charge in [-0.3, -0.25) is 0 Å². The van der Waals surface area contributed by atoms with E-state index in [2.05, 4.69) is 25.4 Å². The number of hydrogen-bond donors (Lipinski definition) is 2. The van der Waals surface area contributed by atoms with Crippen LogP contribution in [0.15, 0.2) is 18.2 Å². The molecule has 0 bridgehead atoms. The van der Waals surface area contributed by atoms with E-state index in [1.807, 2.05) is 0 Å². The molecule has 20 heavy (non-hydrogen) atoms. The third-order valence-corrected chi connectivity index (χ3v) is 2.48. The SMILES string of the molecule is CCOc1cc(C(N)c2nn[nH]n2)ccc1OC(F)F. The molecule has 0 aliphatic heterocycles. The van der Waals surface area contributed by atoms with Gasteiger partial charge in [0.25, 0.3) is 0 Å². The molecule has 1 atom stereocenters. The molecule has 1 aromatic heterocycles. The lowest BCUT2D eigenvalue weighted by molar-refractivity contribution is -0.0514. The fourth-order valence-corrected chi connectivity index (χ4v) is 1.63. The van der Waals surface area contributed by atoms with Gasteiger partial charge in [-0.1, -0.05) is 11.3 Å². The molecule has 1 aromatic carbocycles. The predicted octanol–water partition coefficient (Wildman–Crippen LogP) is 1.25. The van der Waals surface area contributed by atoms with Crippen LogP contribution in [0.4, 0.5) is 8.78 Å². The Morgan fingerprint density at radius 3 is 2.75 bits per heavy atom. The van der Waals surface area contributed by atoms with Crippen molar-refractivity contribution in [3.63, 3.8) is 0 Å². The zero-order valence-electron chi connectivity index (χ0n) is 10.6. The molecule has 7 nitrogen and oxygen atoms in total. The third-order valence-electron chi connectivity index (χ3n) is 2.48. The molecule has 0 fully saturated rings. The van der Waals surface area contributed by atoms with E-state index in [4.69, 9.17) is 10.5 Å². The van der Waals surface area contributed by atoms with Crippen molar-refractivity contribution in [3.05, 3.63) is 29.6 Å². The van der Waals surface area contributed by atoms with Gasteiger partial charge in [0, 0.05) is 0 Å². The lowest BCUT2D eigenvalue weighted by atomic mass is 10.1. The number of tetrazole rings is 1. The molecule has 1 unspecified atom stereocenters. The molecule has 2 rings (SSSR count). The van der Waals surface area contributed by atoms with E-state index in [1.165, 1.54) is 12.1 Å². The number of hydrogen-bond acceptors (Lipinski definition) is 6. The van der Waals surface area contributed by atoms with Crippen LogP contribution in [0.1, 0.15) is 24.4 Å². The number of aromatic nitrogens is 4. The molecule has 1 heterocycles. The normalized spacial score (nSPS) is 12.4. The van der Waals surface area contributed by atoms with Gasteiger partial charge in [-0.05, 0) is 24.6 Å². The number of nitrogens with zero attached hydrogens (tertiary/aromatic N) is 3. The summed E-state index contributed by atoms with van der Waals surface area (Å²) in [7, 11) is 0. The van der Waals surface area contributed by atoms with Gasteiger partial charge in [-0.2, -0.15) is 14.0 Å². The van der Waals surface area contributed by atoms with Crippen molar-refractivity contribution < 1.29 is 18.3 Å². The Bertz CT molecular complexity index is 550. The monoisotopic (exact) mass is 285 g/mol. The summed E-state index contributed by atoms with van der Waals surface area (Å²) in [5, 5.41) is 13.3. The molecule has 0 radical (unpaired) electrons. The third kappa shape index (κ3) is 3.18. The van der Waals surface area contributed by atoms with E-state index in [0.717, 1.165) is 0 Å². The highest BCUT2D eigenvalue weighted by atomic mass is 19.3. The Morgan fingerprint density at radius 2 is 2.15 bits per heavy atom. The summed E-state index contributed by atoms with van der Waals surface area (Å²) in [6.45, 7) is -0.885. The molecule has 3 N–H and O–H groups in total. The first-order valence-electron chi connectivity index (χ1n) is 5.82. The van der Waals surface area contributed by atoms with E-state index >= 15 is 0 Å². The average Bonchev–Trinajstić information content (AvgIpc) is 2.93. The van der Waals surface area contributed by atoms with E-state index in [9.17, 15) is 8.78 Å². The van der Waals surface area contributed by atoms with Crippen molar-refractivity contribution in [1.29, 1.82) is 0 Å². The molecule has 0 amide bonds. The molecule has 0 spiro atoms. The molecular formula is C11H13F2N5O2. The summed E-state index contributed by atoms with van der Waals surface area (Å²) in [6, 6.07) is 3.78. The van der Waals surface area contributed by atoms with Gasteiger partial charge in [-0.15, -0.1) is 10.2 Å². The first-order chi connectivity index (χ1) is 9.61. The molecule has 0 aliphatic rings. The number of nitrogens with one attached hydrogen (secondary N) is 1. The molecule has 0 saturated heterocycles. The molecule has 9 heteroatoms. The van der Waals surface area contributed by atoms with Crippen molar-refractivity contribution in [1.82, 2.24) is 20.6 Å². The number of halogens is 2. The highest BCUT2D eigenvalue weighted by Gasteiger charge is 2.17. The van der Waals surface area contributed by atoms with Crippen molar-refractivity contribution in [2.45, 2.75) is 19.6 Å². The first-order valence-corrected chi connectivity index (χ1v) is 5.82. The highest BCUT2D eigenvalue weighted by molar-refractivity contribution is 5.44. The fraction of sp³-hybridized carbons (Fsp3) is 0.364. The zero-order chi connectivity index (χ0) is 14.5. The lowest BCUT2D eigenvalue weighted by Gasteiger charge is -2.14. The standard InChI is InChI=1S/C11H13F2N5O2/c1-2-19-8-5-6(3-4-7(8)20-11(12)13)9(14)10-15-17-18-16-10/h3-5,9,11H,2,14H2,1H3,(H,15,16,17,18). The minimum Gasteiger partial charge on any atom is -0.490 e. The first kappa shape index (κ1) is 14.1. The van der Waals surface area contributed by atoms with Gasteiger partial charge in [0.1, 0.15) is 0 Å². The Labute approximate surface area is 113 Å². The largest absolute Gasteiger partial charge is 0.490 e. The Kier molecular flexibility index (Phi) is 4.41. The Balaban J connectivity index is 2.29. The fourth-order valence-electron chi connectivity index (χ4n) is 1.63. The van der Waals surface area contributed by atoms with Crippen LogP contribution in [0.25, 0.3) is 0 Å². The van der Waals surface area contributed by atoms with Crippen LogP contribution in [0.5, 0.6) is 11.5 Å². The van der Waals surface area contributed by atoms with Crippen molar-refractivity contribution >= 4 is 0 Å². The molecule has 0 aliphatic carbocycles. The van der Waals surface area contributed by atoms with Crippen LogP contribution >= 0.6 is 0 Å². The number of alkyl halides is 2. The second-order valence-corrected chi connectivity index (χ2v) is 3.77. The smallest absolute Gasteiger partial charge is 0.387 e. The van der Waals surface area contributed by atoms with Crippen molar-refractivity contribution in [3.8, 4) is 11.5 Å². The highest BCUT2D eigenvalue weighted by Crippen LogP contribution is 2.32. The topological polar surface area (TPSA) is 98.9 Å². The lowest BCUT2D eigenvalue weighted by Crippen LogP contribution is -2.14. The maximum Gasteiger partial charge on any atom is 0.387 e. The van der Waals surface area contributed by atoms with Gasteiger partial charge in [-0.25, -0.2) is 0 Å². The van der Waals surface area contributed by atoms with Crippen LogP contribution in [-0.4, -0.2) is 33.8 Å². The van der Waals surface area contributed by atoms with Crippen molar-refractivity contribution in [2.24, 2.45) is 5.73 Å². The van der Waals surface area contributed by atoms with Gasteiger partial charge in [0.15, 0.2) is 17.3 Å². The predicted molar refractivity (Wildman–Crippen MR) is 64.5 cm³/mol. The number of nitrogens with two attached hydrogens (primary N) is 1. The summed E-state index contributed by atoms with van der Waals surface area (Å²) in [5.41, 5.74) is 6.54. The molecule has 108 valence electrons. The van der Waals surface area contributed by atoms with Crippen LogP contribution < -0.4 is 15.2 Å². The molecular weight excluding hydrogens is 272 g/mol. The van der Waals surface area contributed by atoms with E-state index in [0.29, 0.717) is 12.2 Å². The summed E-state index contributed by atoms with van der Waals surface area (Å²) in [5.74, 6) is 0.421. The summed E-state index contributed by atoms with van der Waals surface area (Å²) in [6.07, 6.45) is 0. The van der Waals surface area contributed by atoms with Crippen LogP contribution in [-0.2, 0) is 0 Å². The zero-order valence-corrected chi connectivity index (χ0v) is 10.6. The average molecular weight is 285 g/mol. The maximum absolute atomic E-state index is 12.3. The van der Waals surface area contributed by atoms with Gasteiger partial charge in [0.2, 0.25) is 0 Å². The van der Waals surface area contributed by atoms with Crippen LogP contribution in [0.3, 0.4) is 0 Å². The minimum atomic E-state index is -2.93. The summed E-state index contributed by atoms with van der Waals surface area (Å²) < 4.78 is 34.2. The number of aromatic amines is 1. The van der Waals surface area contributed by atoms with Gasteiger partial charge < -0.3 is 15.2 Å². The number of benzene rings is 1. The quantitative estimate of drug-likeness (QED) is 0.828. The summed E-state index contributed by atoms with van der Waals surface area (Å²) in [4.78, 5) is 0. The maximum atomic E-state index is 12.3. The summed E-state index contributed by atoms with van der Waals surface area (Å²) >= 11 is 0. The Hall–Kier alpha value is -2.29. The second-order valence-electron chi connectivity index (χ2n) is 3.77. The molecule has 0 saturated carbocycles. The second kappa shape index (κ2) is 6.24. The minimum absolute atomic E-state index is 0.0501. The van der Waals surface area contributed by atoms with Gasteiger partial charge in [0.05, 0.1) is 12.6 Å². The number of H-pyrrole nitrogens is 1. The van der Waals surface area contributed by atoms with Gasteiger partial charge >= 0.3 is 6.61 Å². The van der Waals surface area contributed by atoms with E-state index in [-0.39, 0.29) is 17.3 Å². The Morgan fingerprint density at radius 1 is 1.35 bits per heavy atom. The van der Waals surface area contributed by atoms with Crippen LogP contribution in [0, 0.1) is 0 Å².